The molecule has 82 valence electrons. The number of ether oxygens (including phenoxy) is 1. The number of hydrogen-bond acceptors (Lipinski definition) is 3. The van der Waals surface area contributed by atoms with Crippen LogP contribution in [0.2, 0.25) is 0 Å². The van der Waals surface area contributed by atoms with Gasteiger partial charge in [-0.15, -0.1) is 11.8 Å². The number of hydrogen-bond donors (Lipinski definition) is 0. The summed E-state index contributed by atoms with van der Waals surface area (Å²) < 4.78 is 4.91. The Hall–Kier alpha value is -0.960. The van der Waals surface area contributed by atoms with Gasteiger partial charge in [-0.3, -0.25) is 4.79 Å². The van der Waals surface area contributed by atoms with Crippen molar-refractivity contribution in [2.24, 2.45) is 0 Å². The van der Waals surface area contributed by atoms with Crippen LogP contribution in [-0.2, 0) is 16.0 Å². The number of esters is 1. The minimum absolute atomic E-state index is 0.155. The zero-order valence-electron chi connectivity index (χ0n) is 9.37. The molecule has 2 nitrogen and oxygen atoms in total. The van der Waals surface area contributed by atoms with Crippen LogP contribution in [0.25, 0.3) is 0 Å². The highest BCUT2D eigenvalue weighted by molar-refractivity contribution is 7.98. The van der Waals surface area contributed by atoms with Crippen LogP contribution in [0, 0.1) is 6.92 Å². The van der Waals surface area contributed by atoms with Gasteiger partial charge in [0.25, 0.3) is 0 Å². The van der Waals surface area contributed by atoms with Crippen LogP contribution in [-0.4, -0.2) is 18.8 Å². The second kappa shape index (κ2) is 5.81. The molecule has 1 aromatic rings. The maximum atomic E-state index is 11.3. The lowest BCUT2D eigenvalue weighted by molar-refractivity contribution is -0.142. The number of thioether (sulfide) groups is 1. The first-order valence-corrected chi connectivity index (χ1v) is 6.19. The van der Waals surface area contributed by atoms with Gasteiger partial charge >= 0.3 is 5.97 Å². The van der Waals surface area contributed by atoms with Crippen molar-refractivity contribution in [1.82, 2.24) is 0 Å². The Kier molecular flexibility index (Phi) is 4.69. The quantitative estimate of drug-likeness (QED) is 0.581. The zero-order chi connectivity index (χ0) is 11.3. The average molecular weight is 224 g/mol. The van der Waals surface area contributed by atoms with Crippen LogP contribution in [0.1, 0.15) is 18.1 Å². The Morgan fingerprint density at radius 1 is 1.47 bits per heavy atom. The molecule has 0 aromatic heterocycles. The van der Waals surface area contributed by atoms with E-state index in [1.165, 1.54) is 4.90 Å². The molecule has 0 aliphatic rings. The number of carbonyl (C=O) groups is 1. The standard InChI is InChI=1S/C12H16O2S/c1-4-14-12(13)8-10-5-6-11(15-3)7-9(10)2/h5-7H,4,8H2,1-3H3. The lowest BCUT2D eigenvalue weighted by atomic mass is 10.1. The summed E-state index contributed by atoms with van der Waals surface area (Å²) in [7, 11) is 0. The third kappa shape index (κ3) is 3.59. The predicted molar refractivity (Wildman–Crippen MR) is 63.3 cm³/mol. The van der Waals surface area contributed by atoms with Crippen molar-refractivity contribution >= 4 is 17.7 Å². The highest BCUT2D eigenvalue weighted by Gasteiger charge is 2.06. The van der Waals surface area contributed by atoms with Gasteiger partial charge in [0.05, 0.1) is 13.0 Å². The first-order chi connectivity index (χ1) is 7.17. The molecule has 0 amide bonds. The van der Waals surface area contributed by atoms with Crippen LogP contribution in [0.5, 0.6) is 0 Å². The van der Waals surface area contributed by atoms with Gasteiger partial charge in [0, 0.05) is 4.90 Å². The molecule has 15 heavy (non-hydrogen) atoms. The van der Waals surface area contributed by atoms with E-state index >= 15 is 0 Å². The number of rotatable bonds is 4. The number of benzene rings is 1. The van der Waals surface area contributed by atoms with Crippen molar-refractivity contribution in [1.29, 1.82) is 0 Å². The monoisotopic (exact) mass is 224 g/mol. The first kappa shape index (κ1) is 12.1. The summed E-state index contributed by atoms with van der Waals surface area (Å²) in [6.07, 6.45) is 2.41. The third-order valence-corrected chi connectivity index (χ3v) is 2.92. The fourth-order valence-electron chi connectivity index (χ4n) is 1.36. The SMILES string of the molecule is CCOC(=O)Cc1ccc(SC)cc1C. The molecular formula is C12H16O2S. The zero-order valence-corrected chi connectivity index (χ0v) is 10.2. The number of aryl methyl sites for hydroxylation is 1. The molecule has 0 atom stereocenters. The van der Waals surface area contributed by atoms with Crippen molar-refractivity contribution in [2.45, 2.75) is 25.2 Å². The maximum Gasteiger partial charge on any atom is 0.310 e. The maximum absolute atomic E-state index is 11.3. The molecule has 0 N–H and O–H groups in total. The van der Waals surface area contributed by atoms with Crippen molar-refractivity contribution < 1.29 is 9.53 Å². The van der Waals surface area contributed by atoms with Crippen LogP contribution in [0.4, 0.5) is 0 Å². The molecule has 0 saturated carbocycles. The van der Waals surface area contributed by atoms with E-state index in [1.807, 2.05) is 32.2 Å². The summed E-state index contributed by atoms with van der Waals surface area (Å²) in [5, 5.41) is 0. The summed E-state index contributed by atoms with van der Waals surface area (Å²) in [4.78, 5) is 12.5. The lowest BCUT2D eigenvalue weighted by Crippen LogP contribution is -2.08. The fraction of sp³-hybridized carbons (Fsp3) is 0.417. The van der Waals surface area contributed by atoms with Crippen molar-refractivity contribution in [3.8, 4) is 0 Å². The Morgan fingerprint density at radius 3 is 2.73 bits per heavy atom. The van der Waals surface area contributed by atoms with E-state index in [-0.39, 0.29) is 5.97 Å². The molecule has 1 rings (SSSR count). The fourth-order valence-corrected chi connectivity index (χ4v) is 1.86. The molecule has 0 radical (unpaired) electrons. The van der Waals surface area contributed by atoms with E-state index < -0.39 is 0 Å². The average Bonchev–Trinajstić information content (AvgIpc) is 2.21. The minimum atomic E-state index is -0.155. The van der Waals surface area contributed by atoms with E-state index in [0.29, 0.717) is 13.0 Å². The van der Waals surface area contributed by atoms with Crippen molar-refractivity contribution in [3.05, 3.63) is 29.3 Å². The van der Waals surface area contributed by atoms with Gasteiger partial charge in [-0.2, -0.15) is 0 Å². The van der Waals surface area contributed by atoms with E-state index in [1.54, 1.807) is 11.8 Å². The van der Waals surface area contributed by atoms with Crippen LogP contribution >= 0.6 is 11.8 Å². The molecule has 0 bridgehead atoms. The molecule has 0 aliphatic carbocycles. The van der Waals surface area contributed by atoms with Crippen LogP contribution in [0.3, 0.4) is 0 Å². The topological polar surface area (TPSA) is 26.3 Å². The molecule has 3 heteroatoms. The molecular weight excluding hydrogens is 208 g/mol. The van der Waals surface area contributed by atoms with Gasteiger partial charge in [0.15, 0.2) is 0 Å². The van der Waals surface area contributed by atoms with Crippen LogP contribution in [0.15, 0.2) is 23.1 Å². The van der Waals surface area contributed by atoms with Gasteiger partial charge in [0.2, 0.25) is 0 Å². The second-order valence-electron chi connectivity index (χ2n) is 3.27. The predicted octanol–water partition coefficient (Wildman–Crippen LogP) is 2.82. The van der Waals surface area contributed by atoms with E-state index in [2.05, 4.69) is 6.07 Å². The summed E-state index contributed by atoms with van der Waals surface area (Å²) in [5.74, 6) is -0.155. The summed E-state index contributed by atoms with van der Waals surface area (Å²) >= 11 is 1.70. The van der Waals surface area contributed by atoms with Crippen LogP contribution < -0.4 is 0 Å². The Bertz CT molecular complexity index is 347. The Labute approximate surface area is 95.0 Å². The van der Waals surface area contributed by atoms with Gasteiger partial charge in [-0.05, 0) is 43.4 Å². The lowest BCUT2D eigenvalue weighted by Gasteiger charge is -2.06. The molecule has 0 unspecified atom stereocenters. The van der Waals surface area contributed by atoms with Crippen molar-refractivity contribution in [2.75, 3.05) is 12.9 Å². The Morgan fingerprint density at radius 2 is 2.20 bits per heavy atom. The van der Waals surface area contributed by atoms with Gasteiger partial charge in [-0.25, -0.2) is 0 Å². The largest absolute Gasteiger partial charge is 0.466 e. The summed E-state index contributed by atoms with van der Waals surface area (Å²) in [5.41, 5.74) is 2.20. The molecule has 0 spiro atoms. The summed E-state index contributed by atoms with van der Waals surface area (Å²) in [6.45, 7) is 4.29. The van der Waals surface area contributed by atoms with E-state index in [4.69, 9.17) is 4.74 Å². The van der Waals surface area contributed by atoms with E-state index in [0.717, 1.165) is 11.1 Å². The summed E-state index contributed by atoms with van der Waals surface area (Å²) in [6, 6.07) is 6.13. The third-order valence-electron chi connectivity index (χ3n) is 2.19. The minimum Gasteiger partial charge on any atom is -0.466 e. The Balaban J connectivity index is 2.73. The second-order valence-corrected chi connectivity index (χ2v) is 4.15. The molecule has 1 aromatic carbocycles. The molecule has 0 saturated heterocycles. The highest BCUT2D eigenvalue weighted by Crippen LogP contribution is 2.19. The van der Waals surface area contributed by atoms with E-state index in [9.17, 15) is 4.79 Å². The molecule has 0 aliphatic heterocycles. The van der Waals surface area contributed by atoms with Gasteiger partial charge in [0.1, 0.15) is 0 Å². The van der Waals surface area contributed by atoms with Crippen molar-refractivity contribution in [3.63, 3.8) is 0 Å². The smallest absolute Gasteiger partial charge is 0.310 e. The first-order valence-electron chi connectivity index (χ1n) is 4.96. The van der Waals surface area contributed by atoms with Gasteiger partial charge < -0.3 is 4.74 Å². The number of carbonyl (C=O) groups excluding carboxylic acids is 1. The molecule has 0 fully saturated rings. The normalized spacial score (nSPS) is 10.1. The van der Waals surface area contributed by atoms with Gasteiger partial charge in [-0.1, -0.05) is 6.07 Å². The highest BCUT2D eigenvalue weighted by atomic mass is 32.2. The molecule has 0 heterocycles.